The lowest BCUT2D eigenvalue weighted by Crippen LogP contribution is -2.33. The first-order valence-corrected chi connectivity index (χ1v) is 15.4. The molecular weight excluding hydrogens is 566 g/mol. The van der Waals surface area contributed by atoms with Gasteiger partial charge in [0.1, 0.15) is 12.1 Å². The van der Waals surface area contributed by atoms with E-state index < -0.39 is 39.3 Å². The molecule has 0 aliphatic carbocycles. The van der Waals surface area contributed by atoms with Crippen LogP contribution in [0.5, 0.6) is 0 Å². The van der Waals surface area contributed by atoms with Crippen molar-refractivity contribution in [2.24, 2.45) is 0 Å². The Kier molecular flexibility index (Phi) is 10.1. The number of pyridine rings is 1. The van der Waals surface area contributed by atoms with Gasteiger partial charge in [-0.15, -0.1) is 5.06 Å². The maximum atomic E-state index is 12.8. The Balaban J connectivity index is 1.32. The van der Waals surface area contributed by atoms with Crippen molar-refractivity contribution in [2.45, 2.75) is 58.4 Å². The lowest BCUT2D eigenvalue weighted by Gasteiger charge is -2.23. The molecule has 0 atom stereocenters. The fraction of sp³-hybridized carbons (Fsp3) is 0.414. The standard InChI is InChI=1S/C29H33N3O9S/c1-2-31(15-5-3-4-7-28(35)41-32-26(33)10-11-27(32)34)23-9-8-22-19-24(29(36)40-25(22)20-23)21-12-16-30(17-13-21)14-6-18-42(37,38)39/h8-9,12-13,16-17,19-20H,2-7,10-11,14-15,18H2,1H3. The van der Waals surface area contributed by atoms with E-state index in [0.29, 0.717) is 41.3 Å². The second-order valence-corrected chi connectivity index (χ2v) is 11.6. The van der Waals surface area contributed by atoms with E-state index in [9.17, 15) is 32.1 Å². The summed E-state index contributed by atoms with van der Waals surface area (Å²) in [6.45, 7) is 3.82. The fourth-order valence-electron chi connectivity index (χ4n) is 4.73. The number of unbranched alkanes of at least 4 members (excludes halogenated alkanes) is 2. The number of hydrogen-bond acceptors (Lipinski definition) is 10. The number of anilines is 1. The van der Waals surface area contributed by atoms with Crippen LogP contribution in [0, 0.1) is 0 Å². The lowest BCUT2D eigenvalue weighted by molar-refractivity contribution is -0.696. The third-order valence-electron chi connectivity index (χ3n) is 6.99. The average Bonchev–Trinajstić information content (AvgIpc) is 3.26. The maximum absolute atomic E-state index is 12.8. The van der Waals surface area contributed by atoms with Crippen molar-refractivity contribution in [3.8, 4) is 11.1 Å². The number of amides is 2. The Morgan fingerprint density at radius 1 is 1.02 bits per heavy atom. The van der Waals surface area contributed by atoms with Crippen molar-refractivity contribution in [2.75, 3.05) is 23.7 Å². The zero-order valence-electron chi connectivity index (χ0n) is 23.3. The van der Waals surface area contributed by atoms with E-state index in [1.807, 2.05) is 25.1 Å². The zero-order valence-corrected chi connectivity index (χ0v) is 24.1. The number of hydrogen-bond donors (Lipinski definition) is 0. The molecule has 2 amide bonds. The van der Waals surface area contributed by atoms with Crippen LogP contribution in [0.25, 0.3) is 22.1 Å². The molecule has 224 valence electrons. The van der Waals surface area contributed by atoms with Crippen molar-refractivity contribution in [3.05, 3.63) is 59.2 Å². The Hall–Kier alpha value is -4.10. The Bertz CT molecular complexity index is 1600. The molecule has 0 radical (unpaired) electrons. The molecule has 1 fully saturated rings. The molecule has 13 heteroatoms. The molecule has 42 heavy (non-hydrogen) atoms. The molecule has 0 spiro atoms. The van der Waals surface area contributed by atoms with E-state index in [2.05, 4.69) is 4.90 Å². The molecule has 0 saturated carbocycles. The molecule has 1 aromatic carbocycles. The summed E-state index contributed by atoms with van der Waals surface area (Å²) in [5.74, 6) is -2.02. The highest BCUT2D eigenvalue weighted by molar-refractivity contribution is 7.85. The predicted molar refractivity (Wildman–Crippen MR) is 151 cm³/mol. The zero-order chi connectivity index (χ0) is 30.3. The summed E-state index contributed by atoms with van der Waals surface area (Å²) in [4.78, 5) is 55.0. The smallest absolute Gasteiger partial charge is 0.344 e. The van der Waals surface area contributed by atoms with Crippen molar-refractivity contribution < 1.29 is 41.2 Å². The fourth-order valence-corrected chi connectivity index (χ4v) is 5.21. The minimum Gasteiger partial charge on any atom is -0.748 e. The lowest BCUT2D eigenvalue weighted by atomic mass is 10.1. The largest absolute Gasteiger partial charge is 0.748 e. The first-order chi connectivity index (χ1) is 20.0. The van der Waals surface area contributed by atoms with E-state index >= 15 is 0 Å². The summed E-state index contributed by atoms with van der Waals surface area (Å²) in [5, 5.41) is 1.32. The first-order valence-electron chi connectivity index (χ1n) is 13.9. The van der Waals surface area contributed by atoms with Crippen molar-refractivity contribution >= 4 is 44.6 Å². The monoisotopic (exact) mass is 599 g/mol. The number of nitrogens with zero attached hydrogens (tertiary/aromatic N) is 3. The van der Waals surface area contributed by atoms with Crippen molar-refractivity contribution in [1.29, 1.82) is 0 Å². The predicted octanol–water partition coefficient (Wildman–Crippen LogP) is 2.68. The molecule has 2 aromatic heterocycles. The van der Waals surface area contributed by atoms with Crippen molar-refractivity contribution in [1.82, 2.24) is 5.06 Å². The van der Waals surface area contributed by atoms with Crippen LogP contribution in [0.2, 0.25) is 0 Å². The van der Waals surface area contributed by atoms with Crippen LogP contribution in [0.1, 0.15) is 51.9 Å². The maximum Gasteiger partial charge on any atom is 0.344 e. The van der Waals surface area contributed by atoms with Gasteiger partial charge >= 0.3 is 11.6 Å². The van der Waals surface area contributed by atoms with E-state index in [4.69, 9.17) is 9.25 Å². The third kappa shape index (κ3) is 8.23. The summed E-state index contributed by atoms with van der Waals surface area (Å²) in [5.41, 5.74) is 1.92. The van der Waals surface area contributed by atoms with E-state index in [1.165, 1.54) is 0 Å². The normalized spacial score (nSPS) is 13.6. The number of aromatic nitrogens is 1. The van der Waals surface area contributed by atoms with E-state index in [-0.39, 0.29) is 25.7 Å². The Morgan fingerprint density at radius 2 is 1.74 bits per heavy atom. The topological polar surface area (TPSA) is 158 Å². The second-order valence-electron chi connectivity index (χ2n) is 10.0. The number of aryl methyl sites for hydroxylation is 1. The van der Waals surface area contributed by atoms with Gasteiger partial charge in [-0.3, -0.25) is 9.59 Å². The van der Waals surface area contributed by atoms with Crippen LogP contribution in [0.15, 0.2) is 58.0 Å². The summed E-state index contributed by atoms with van der Waals surface area (Å²) in [6, 6.07) is 10.9. The van der Waals surface area contributed by atoms with Gasteiger partial charge in [0.05, 0.1) is 15.7 Å². The van der Waals surface area contributed by atoms with Gasteiger partial charge in [0.2, 0.25) is 0 Å². The first kappa shape index (κ1) is 30.8. The number of carbonyl (C=O) groups is 3. The molecule has 0 N–H and O–H groups in total. The molecule has 3 aromatic rings. The number of carbonyl (C=O) groups excluding carboxylic acids is 3. The quantitative estimate of drug-likeness (QED) is 0.0887. The van der Waals surface area contributed by atoms with E-state index in [1.54, 1.807) is 35.2 Å². The van der Waals surface area contributed by atoms with Gasteiger partial charge in [0.25, 0.3) is 11.8 Å². The molecule has 0 bridgehead atoms. The van der Waals surface area contributed by atoms with Gasteiger partial charge in [0.15, 0.2) is 12.4 Å². The Morgan fingerprint density at radius 3 is 2.40 bits per heavy atom. The summed E-state index contributed by atoms with van der Waals surface area (Å²) in [6.07, 6.45) is 5.98. The molecule has 1 aliphatic rings. The van der Waals surface area contributed by atoms with Gasteiger partial charge in [-0.25, -0.2) is 22.6 Å². The van der Waals surface area contributed by atoms with Gasteiger partial charge in [-0.1, -0.05) is 6.42 Å². The number of rotatable bonds is 14. The van der Waals surface area contributed by atoms with Crippen LogP contribution in [-0.4, -0.2) is 54.7 Å². The van der Waals surface area contributed by atoms with Crippen LogP contribution in [-0.2, 0) is 35.9 Å². The molecule has 3 heterocycles. The third-order valence-corrected chi connectivity index (χ3v) is 7.78. The number of imide groups is 1. The van der Waals surface area contributed by atoms with Gasteiger partial charge in [-0.05, 0) is 38.0 Å². The Labute approximate surface area is 243 Å². The minimum atomic E-state index is -4.25. The SMILES string of the molecule is CCN(CCCCCC(=O)ON1C(=O)CCC1=O)c1ccc2cc(-c3cc[n+](CCCS(=O)(=O)[O-])cc3)c(=O)oc2c1. The molecule has 1 aliphatic heterocycles. The van der Waals surface area contributed by atoms with Gasteiger partial charge < -0.3 is 18.7 Å². The van der Waals surface area contributed by atoms with E-state index in [0.717, 1.165) is 30.5 Å². The highest BCUT2D eigenvalue weighted by atomic mass is 32.2. The van der Waals surface area contributed by atoms with Crippen LogP contribution in [0.3, 0.4) is 0 Å². The van der Waals surface area contributed by atoms with Crippen LogP contribution in [0.4, 0.5) is 5.69 Å². The second kappa shape index (κ2) is 13.7. The number of hydroxylamine groups is 2. The number of benzene rings is 1. The van der Waals surface area contributed by atoms with Crippen LogP contribution >= 0.6 is 0 Å². The summed E-state index contributed by atoms with van der Waals surface area (Å²) >= 11 is 0. The molecule has 4 rings (SSSR count). The molecule has 1 saturated heterocycles. The van der Waals surface area contributed by atoms with Gasteiger partial charge in [0, 0.05) is 79.4 Å². The highest BCUT2D eigenvalue weighted by Crippen LogP contribution is 2.25. The van der Waals surface area contributed by atoms with Crippen LogP contribution < -0.4 is 15.1 Å². The molecule has 12 nitrogen and oxygen atoms in total. The summed E-state index contributed by atoms with van der Waals surface area (Å²) < 4.78 is 39.8. The van der Waals surface area contributed by atoms with Crippen molar-refractivity contribution in [3.63, 3.8) is 0 Å². The highest BCUT2D eigenvalue weighted by Gasteiger charge is 2.32. The summed E-state index contributed by atoms with van der Waals surface area (Å²) in [7, 11) is -4.25. The average molecular weight is 600 g/mol. The minimum absolute atomic E-state index is 0.0652. The molecular formula is C29H33N3O9S. The molecule has 0 unspecified atom stereocenters. The van der Waals surface area contributed by atoms with Gasteiger partial charge in [-0.2, -0.15) is 0 Å². The number of fused-ring (bicyclic) bond motifs is 1.